The summed E-state index contributed by atoms with van der Waals surface area (Å²) in [5, 5.41) is 0.331. The monoisotopic (exact) mass is 402 g/mol. The number of benzene rings is 2. The van der Waals surface area contributed by atoms with Crippen molar-refractivity contribution < 1.29 is 14.3 Å². The summed E-state index contributed by atoms with van der Waals surface area (Å²) in [5.41, 5.74) is 6.80. The van der Waals surface area contributed by atoms with Gasteiger partial charge in [-0.2, -0.15) is 0 Å². The van der Waals surface area contributed by atoms with Crippen molar-refractivity contribution in [2.75, 3.05) is 6.61 Å². The molecule has 6 heteroatoms. The molecule has 150 valence electrons. The van der Waals surface area contributed by atoms with Crippen LogP contribution >= 0.6 is 11.6 Å². The van der Waals surface area contributed by atoms with Gasteiger partial charge in [0.05, 0.1) is 17.2 Å². The zero-order valence-corrected chi connectivity index (χ0v) is 17.5. The first kappa shape index (κ1) is 21.8. The van der Waals surface area contributed by atoms with Crippen LogP contribution in [0.1, 0.15) is 48.2 Å². The Kier molecular flexibility index (Phi) is 7.46. The van der Waals surface area contributed by atoms with Gasteiger partial charge in [-0.05, 0) is 56.0 Å². The third-order valence-corrected chi connectivity index (χ3v) is 4.90. The Labute approximate surface area is 171 Å². The van der Waals surface area contributed by atoms with Crippen LogP contribution in [0.3, 0.4) is 0 Å². The van der Waals surface area contributed by atoms with Crippen LogP contribution in [-0.4, -0.2) is 18.4 Å². The zero-order chi connectivity index (χ0) is 20.7. The summed E-state index contributed by atoms with van der Waals surface area (Å²) in [5.74, 6) is 0.155. The SMILES string of the molecule is Cc1ccc(C)c(OCCCC(C)(C)C(=O)NNC(=O)c2ccccc2Cl)c1. The number of hydrazine groups is 1. The van der Waals surface area contributed by atoms with E-state index in [1.165, 1.54) is 0 Å². The second-order valence-electron chi connectivity index (χ2n) is 7.49. The first-order valence-electron chi connectivity index (χ1n) is 9.26. The summed E-state index contributed by atoms with van der Waals surface area (Å²) in [6, 6.07) is 12.8. The van der Waals surface area contributed by atoms with Gasteiger partial charge in [-0.3, -0.25) is 20.4 Å². The van der Waals surface area contributed by atoms with Crippen LogP contribution in [0.15, 0.2) is 42.5 Å². The van der Waals surface area contributed by atoms with Crippen molar-refractivity contribution in [1.82, 2.24) is 10.9 Å². The van der Waals surface area contributed by atoms with Gasteiger partial charge in [0.2, 0.25) is 5.91 Å². The smallest absolute Gasteiger partial charge is 0.271 e. The van der Waals surface area contributed by atoms with Gasteiger partial charge in [0.15, 0.2) is 0 Å². The van der Waals surface area contributed by atoms with E-state index in [0.717, 1.165) is 16.9 Å². The Balaban J connectivity index is 1.79. The molecule has 2 aromatic carbocycles. The van der Waals surface area contributed by atoms with E-state index < -0.39 is 11.3 Å². The molecule has 28 heavy (non-hydrogen) atoms. The Morgan fingerprint density at radius 2 is 1.79 bits per heavy atom. The second kappa shape index (κ2) is 9.60. The van der Waals surface area contributed by atoms with Gasteiger partial charge in [0.25, 0.3) is 5.91 Å². The highest BCUT2D eigenvalue weighted by Crippen LogP contribution is 2.24. The topological polar surface area (TPSA) is 67.4 Å². The lowest BCUT2D eigenvalue weighted by Gasteiger charge is -2.23. The maximum absolute atomic E-state index is 12.4. The summed E-state index contributed by atoms with van der Waals surface area (Å²) >= 11 is 5.99. The lowest BCUT2D eigenvalue weighted by molar-refractivity contribution is -0.130. The number of hydrogen-bond acceptors (Lipinski definition) is 3. The molecule has 2 amide bonds. The van der Waals surface area contributed by atoms with Gasteiger partial charge < -0.3 is 4.74 Å². The summed E-state index contributed by atoms with van der Waals surface area (Å²) in [7, 11) is 0. The molecule has 0 heterocycles. The molecule has 0 aliphatic rings. The molecule has 0 aliphatic carbocycles. The van der Waals surface area contributed by atoms with Crippen LogP contribution in [0, 0.1) is 19.3 Å². The van der Waals surface area contributed by atoms with Crippen LogP contribution in [0.25, 0.3) is 0 Å². The Hall–Kier alpha value is -2.53. The molecule has 0 atom stereocenters. The van der Waals surface area contributed by atoms with Gasteiger partial charge >= 0.3 is 0 Å². The maximum atomic E-state index is 12.4. The first-order chi connectivity index (χ1) is 13.2. The third kappa shape index (κ3) is 5.99. The molecule has 2 aromatic rings. The molecule has 0 bridgehead atoms. The second-order valence-corrected chi connectivity index (χ2v) is 7.90. The number of nitrogens with one attached hydrogen (secondary N) is 2. The molecular formula is C22H27ClN2O3. The van der Waals surface area contributed by atoms with Crippen LogP contribution in [0.5, 0.6) is 5.75 Å². The van der Waals surface area contributed by atoms with Crippen molar-refractivity contribution in [2.45, 2.75) is 40.5 Å². The van der Waals surface area contributed by atoms with Gasteiger partial charge in [-0.15, -0.1) is 0 Å². The minimum Gasteiger partial charge on any atom is -0.493 e. The number of hydrogen-bond donors (Lipinski definition) is 2. The highest BCUT2D eigenvalue weighted by atomic mass is 35.5. The van der Waals surface area contributed by atoms with Crippen LogP contribution < -0.4 is 15.6 Å². The summed E-state index contributed by atoms with van der Waals surface area (Å²) in [4.78, 5) is 24.6. The quantitative estimate of drug-likeness (QED) is 0.525. The number of amides is 2. The largest absolute Gasteiger partial charge is 0.493 e. The van der Waals surface area contributed by atoms with Crippen molar-refractivity contribution in [3.05, 3.63) is 64.2 Å². The normalized spacial score (nSPS) is 11.0. The van der Waals surface area contributed by atoms with E-state index in [4.69, 9.17) is 16.3 Å². The van der Waals surface area contributed by atoms with E-state index in [0.29, 0.717) is 30.0 Å². The number of halogens is 1. The predicted octanol–water partition coefficient (Wildman–Crippen LogP) is 4.60. The highest BCUT2D eigenvalue weighted by Gasteiger charge is 2.27. The molecule has 5 nitrogen and oxygen atoms in total. The minimum atomic E-state index is -0.654. The lowest BCUT2D eigenvalue weighted by Crippen LogP contribution is -2.47. The van der Waals surface area contributed by atoms with E-state index >= 15 is 0 Å². The molecule has 2 N–H and O–H groups in total. The van der Waals surface area contributed by atoms with E-state index in [-0.39, 0.29) is 5.91 Å². The predicted molar refractivity (Wildman–Crippen MR) is 111 cm³/mol. The van der Waals surface area contributed by atoms with E-state index in [9.17, 15) is 9.59 Å². The highest BCUT2D eigenvalue weighted by molar-refractivity contribution is 6.33. The molecule has 0 aliphatic heterocycles. The fraction of sp³-hybridized carbons (Fsp3) is 0.364. The summed E-state index contributed by atoms with van der Waals surface area (Å²) < 4.78 is 5.85. The minimum absolute atomic E-state index is 0.264. The van der Waals surface area contributed by atoms with Crippen molar-refractivity contribution in [3.8, 4) is 5.75 Å². The van der Waals surface area contributed by atoms with Crippen LogP contribution in [0.4, 0.5) is 0 Å². The Morgan fingerprint density at radius 1 is 1.07 bits per heavy atom. The van der Waals surface area contributed by atoms with Crippen molar-refractivity contribution in [2.24, 2.45) is 5.41 Å². The number of carbonyl (C=O) groups excluding carboxylic acids is 2. The third-order valence-electron chi connectivity index (χ3n) is 4.57. The standard InChI is InChI=1S/C22H27ClN2O3/c1-15-10-11-16(2)19(14-15)28-13-7-12-22(3,4)21(27)25-24-20(26)17-8-5-6-9-18(17)23/h5-6,8-11,14H,7,12-13H2,1-4H3,(H,24,26)(H,25,27). The van der Waals surface area contributed by atoms with E-state index in [1.807, 2.05) is 45.9 Å². The Bertz CT molecular complexity index is 849. The van der Waals surface area contributed by atoms with Crippen molar-refractivity contribution >= 4 is 23.4 Å². The molecule has 0 spiro atoms. The number of rotatable bonds is 7. The molecule has 0 unspecified atom stereocenters. The van der Waals surface area contributed by atoms with Gasteiger partial charge in [-0.1, -0.05) is 49.7 Å². The average Bonchev–Trinajstić information content (AvgIpc) is 2.66. The van der Waals surface area contributed by atoms with Crippen molar-refractivity contribution in [1.29, 1.82) is 0 Å². The van der Waals surface area contributed by atoms with Crippen molar-refractivity contribution in [3.63, 3.8) is 0 Å². The Morgan fingerprint density at radius 3 is 2.50 bits per heavy atom. The van der Waals surface area contributed by atoms with Gasteiger partial charge in [0.1, 0.15) is 5.75 Å². The molecule has 0 fully saturated rings. The fourth-order valence-corrected chi connectivity index (χ4v) is 2.89. The van der Waals surface area contributed by atoms with E-state index in [2.05, 4.69) is 10.9 Å². The molecule has 0 radical (unpaired) electrons. The number of carbonyl (C=O) groups is 2. The lowest BCUT2D eigenvalue weighted by atomic mass is 9.87. The first-order valence-corrected chi connectivity index (χ1v) is 9.64. The zero-order valence-electron chi connectivity index (χ0n) is 16.8. The average molecular weight is 403 g/mol. The van der Waals surface area contributed by atoms with Crippen LogP contribution in [-0.2, 0) is 4.79 Å². The van der Waals surface area contributed by atoms with Crippen LogP contribution in [0.2, 0.25) is 5.02 Å². The molecule has 0 saturated heterocycles. The molecule has 0 saturated carbocycles. The van der Waals surface area contributed by atoms with Gasteiger partial charge in [-0.25, -0.2) is 0 Å². The molecule has 2 rings (SSSR count). The molecule has 0 aromatic heterocycles. The summed E-state index contributed by atoms with van der Waals surface area (Å²) in [6.07, 6.45) is 1.33. The summed E-state index contributed by atoms with van der Waals surface area (Å²) in [6.45, 7) is 8.22. The number of aryl methyl sites for hydroxylation is 2. The number of ether oxygens (including phenoxy) is 1. The molecular weight excluding hydrogens is 376 g/mol. The van der Waals surface area contributed by atoms with E-state index in [1.54, 1.807) is 24.3 Å². The van der Waals surface area contributed by atoms with Gasteiger partial charge in [0, 0.05) is 5.41 Å². The maximum Gasteiger partial charge on any atom is 0.271 e. The fourth-order valence-electron chi connectivity index (χ4n) is 2.67.